The zero-order valence-electron chi connectivity index (χ0n) is 17.4. The molecule has 0 aromatic carbocycles. The summed E-state index contributed by atoms with van der Waals surface area (Å²) in [5.41, 5.74) is 1.04. The summed E-state index contributed by atoms with van der Waals surface area (Å²) in [6, 6.07) is 4.61. The Balaban J connectivity index is 1.61. The first kappa shape index (κ1) is 20.9. The molecule has 0 aliphatic carbocycles. The fourth-order valence-corrected chi connectivity index (χ4v) is 3.75. The van der Waals surface area contributed by atoms with E-state index in [1.54, 1.807) is 6.20 Å². The standard InChI is InChI=1S/C21H35N5O2/c1-3-5-13-28-20-18(7-6-9-23-20)16-24-21(22-4-2)26-10-8-19(17-26)25-11-14-27-15-12-25/h6-7,9,19H,3-5,8,10-17H2,1-2H3,(H,22,24). The number of hydrogen-bond donors (Lipinski definition) is 1. The molecule has 0 radical (unpaired) electrons. The highest BCUT2D eigenvalue weighted by molar-refractivity contribution is 5.80. The molecule has 1 aromatic heterocycles. The molecule has 0 spiro atoms. The van der Waals surface area contributed by atoms with E-state index >= 15 is 0 Å². The Bertz CT molecular complexity index is 619. The molecule has 1 aromatic rings. The monoisotopic (exact) mass is 389 g/mol. The summed E-state index contributed by atoms with van der Waals surface area (Å²) in [5, 5.41) is 3.46. The number of guanidine groups is 1. The van der Waals surface area contributed by atoms with Crippen molar-refractivity contribution in [2.45, 2.75) is 45.7 Å². The lowest BCUT2D eigenvalue weighted by Crippen LogP contribution is -2.46. The zero-order chi connectivity index (χ0) is 19.6. The first-order valence-electron chi connectivity index (χ1n) is 10.7. The molecule has 1 atom stereocenters. The molecule has 0 saturated carbocycles. The van der Waals surface area contributed by atoms with Crippen LogP contribution >= 0.6 is 0 Å². The smallest absolute Gasteiger partial charge is 0.218 e. The molecule has 156 valence electrons. The number of nitrogens with zero attached hydrogens (tertiary/aromatic N) is 4. The van der Waals surface area contributed by atoms with Crippen LogP contribution in [0.5, 0.6) is 5.88 Å². The second-order valence-corrected chi connectivity index (χ2v) is 7.38. The largest absolute Gasteiger partial charge is 0.477 e. The van der Waals surface area contributed by atoms with Gasteiger partial charge in [-0.2, -0.15) is 0 Å². The lowest BCUT2D eigenvalue weighted by Gasteiger charge is -2.32. The predicted octanol–water partition coefficient (Wildman–Crippen LogP) is 2.13. The van der Waals surface area contributed by atoms with Crippen LogP contribution in [0.3, 0.4) is 0 Å². The fraction of sp³-hybridized carbons (Fsp3) is 0.714. The van der Waals surface area contributed by atoms with Crippen LogP contribution in [-0.2, 0) is 11.3 Å². The fourth-order valence-electron chi connectivity index (χ4n) is 3.75. The van der Waals surface area contributed by atoms with E-state index in [2.05, 4.69) is 40.0 Å². The third kappa shape index (κ3) is 5.82. The summed E-state index contributed by atoms with van der Waals surface area (Å²) in [7, 11) is 0. The quantitative estimate of drug-likeness (QED) is 0.418. The topological polar surface area (TPSA) is 62.2 Å². The minimum atomic E-state index is 0.580. The maximum atomic E-state index is 5.86. The van der Waals surface area contributed by atoms with Crippen LogP contribution in [0.1, 0.15) is 38.7 Å². The number of morpholine rings is 1. The third-order valence-corrected chi connectivity index (χ3v) is 5.35. The number of ether oxygens (including phenoxy) is 2. The number of likely N-dealkylation sites (tertiary alicyclic amines) is 1. The lowest BCUT2D eigenvalue weighted by molar-refractivity contribution is 0.0195. The molecule has 3 rings (SSSR count). The Labute approximate surface area is 169 Å². The van der Waals surface area contributed by atoms with E-state index in [1.807, 2.05) is 6.07 Å². The van der Waals surface area contributed by atoms with Gasteiger partial charge in [0.1, 0.15) is 0 Å². The van der Waals surface area contributed by atoms with E-state index < -0.39 is 0 Å². The van der Waals surface area contributed by atoms with Gasteiger partial charge in [0, 0.05) is 50.5 Å². The molecule has 7 nitrogen and oxygen atoms in total. The maximum absolute atomic E-state index is 5.86. The molecule has 1 N–H and O–H groups in total. The number of aliphatic imine (C=N–C) groups is 1. The molecule has 1 unspecified atom stereocenters. The van der Waals surface area contributed by atoms with Gasteiger partial charge in [-0.05, 0) is 25.8 Å². The van der Waals surface area contributed by atoms with Gasteiger partial charge < -0.3 is 19.7 Å². The molecule has 3 heterocycles. The van der Waals surface area contributed by atoms with E-state index in [0.717, 1.165) is 70.3 Å². The Hall–Kier alpha value is -1.86. The van der Waals surface area contributed by atoms with Crippen LogP contribution in [0.25, 0.3) is 0 Å². The number of unbranched alkanes of at least 4 members (excludes halogenated alkanes) is 1. The van der Waals surface area contributed by atoms with Crippen LogP contribution in [0.2, 0.25) is 0 Å². The molecule has 7 heteroatoms. The molecule has 28 heavy (non-hydrogen) atoms. The summed E-state index contributed by atoms with van der Waals surface area (Å²) in [5.74, 6) is 1.70. The van der Waals surface area contributed by atoms with Gasteiger partial charge in [-0.1, -0.05) is 19.4 Å². The maximum Gasteiger partial charge on any atom is 0.218 e. The second kappa shape index (κ2) is 11.2. The minimum Gasteiger partial charge on any atom is -0.477 e. The summed E-state index contributed by atoms with van der Waals surface area (Å²) in [6.07, 6.45) is 5.12. The normalized spacial score (nSPS) is 21.1. The van der Waals surface area contributed by atoms with Crippen molar-refractivity contribution < 1.29 is 9.47 Å². The average Bonchev–Trinajstić information content (AvgIpc) is 3.23. The van der Waals surface area contributed by atoms with Crippen molar-refractivity contribution in [1.82, 2.24) is 20.1 Å². The molecule has 2 aliphatic rings. The van der Waals surface area contributed by atoms with Crippen LogP contribution in [0.4, 0.5) is 0 Å². The predicted molar refractivity (Wildman–Crippen MR) is 112 cm³/mol. The number of aromatic nitrogens is 1. The molecule has 2 fully saturated rings. The van der Waals surface area contributed by atoms with E-state index in [4.69, 9.17) is 14.5 Å². The van der Waals surface area contributed by atoms with E-state index in [0.29, 0.717) is 25.1 Å². The van der Waals surface area contributed by atoms with Gasteiger partial charge in [-0.15, -0.1) is 0 Å². The van der Waals surface area contributed by atoms with Crippen molar-refractivity contribution in [3.8, 4) is 5.88 Å². The summed E-state index contributed by atoms with van der Waals surface area (Å²) in [4.78, 5) is 14.3. The highest BCUT2D eigenvalue weighted by Gasteiger charge is 2.30. The minimum absolute atomic E-state index is 0.580. The number of nitrogens with one attached hydrogen (secondary N) is 1. The Morgan fingerprint density at radius 2 is 2.18 bits per heavy atom. The van der Waals surface area contributed by atoms with Crippen molar-refractivity contribution in [3.05, 3.63) is 23.9 Å². The molecular weight excluding hydrogens is 354 g/mol. The summed E-state index contributed by atoms with van der Waals surface area (Å²) >= 11 is 0. The van der Waals surface area contributed by atoms with Crippen molar-refractivity contribution in [2.75, 3.05) is 52.5 Å². The van der Waals surface area contributed by atoms with Crippen molar-refractivity contribution >= 4 is 5.96 Å². The van der Waals surface area contributed by atoms with Gasteiger partial charge in [0.2, 0.25) is 5.88 Å². The first-order valence-corrected chi connectivity index (χ1v) is 10.7. The van der Waals surface area contributed by atoms with Crippen molar-refractivity contribution in [2.24, 2.45) is 4.99 Å². The third-order valence-electron chi connectivity index (χ3n) is 5.35. The Morgan fingerprint density at radius 1 is 1.32 bits per heavy atom. The van der Waals surface area contributed by atoms with Gasteiger partial charge in [0.05, 0.1) is 26.4 Å². The lowest BCUT2D eigenvalue weighted by atomic mass is 10.2. The van der Waals surface area contributed by atoms with E-state index in [9.17, 15) is 0 Å². The highest BCUT2D eigenvalue weighted by Crippen LogP contribution is 2.19. The van der Waals surface area contributed by atoms with Crippen LogP contribution < -0.4 is 10.1 Å². The van der Waals surface area contributed by atoms with E-state index in [-0.39, 0.29) is 0 Å². The molecule has 0 amide bonds. The highest BCUT2D eigenvalue weighted by atomic mass is 16.5. The molecule has 2 aliphatic heterocycles. The number of pyridine rings is 1. The van der Waals surface area contributed by atoms with Crippen LogP contribution in [0, 0.1) is 0 Å². The molecular formula is C21H35N5O2. The zero-order valence-corrected chi connectivity index (χ0v) is 17.4. The van der Waals surface area contributed by atoms with Gasteiger partial charge in [-0.25, -0.2) is 9.98 Å². The van der Waals surface area contributed by atoms with Crippen molar-refractivity contribution in [1.29, 1.82) is 0 Å². The van der Waals surface area contributed by atoms with Gasteiger partial charge >= 0.3 is 0 Å². The Kier molecular flexibility index (Phi) is 8.36. The van der Waals surface area contributed by atoms with Gasteiger partial charge in [0.15, 0.2) is 5.96 Å². The summed E-state index contributed by atoms with van der Waals surface area (Å²) < 4.78 is 11.4. The summed E-state index contributed by atoms with van der Waals surface area (Å²) in [6.45, 7) is 12.3. The molecule has 0 bridgehead atoms. The van der Waals surface area contributed by atoms with Gasteiger partial charge in [0.25, 0.3) is 0 Å². The first-order chi connectivity index (χ1) is 13.8. The van der Waals surface area contributed by atoms with Gasteiger partial charge in [-0.3, -0.25) is 4.90 Å². The average molecular weight is 390 g/mol. The van der Waals surface area contributed by atoms with E-state index in [1.165, 1.54) is 6.42 Å². The second-order valence-electron chi connectivity index (χ2n) is 7.38. The Morgan fingerprint density at radius 3 is 2.96 bits per heavy atom. The number of rotatable bonds is 8. The number of hydrogen-bond acceptors (Lipinski definition) is 5. The van der Waals surface area contributed by atoms with Crippen molar-refractivity contribution in [3.63, 3.8) is 0 Å². The van der Waals surface area contributed by atoms with Crippen LogP contribution in [-0.4, -0.2) is 79.3 Å². The SMILES string of the molecule is CCCCOc1ncccc1CN=C(NCC)N1CCC(N2CCOCC2)C1. The van der Waals surface area contributed by atoms with Crippen LogP contribution in [0.15, 0.2) is 23.3 Å². The molecule has 2 saturated heterocycles.